The summed E-state index contributed by atoms with van der Waals surface area (Å²) in [6.45, 7) is 0. The summed E-state index contributed by atoms with van der Waals surface area (Å²) in [6, 6.07) is 6.98. The number of anilines is 2. The number of hydrogen-bond donors (Lipinski definition) is 2. The molecule has 0 atom stereocenters. The van der Waals surface area contributed by atoms with E-state index in [0.29, 0.717) is 5.02 Å². The molecule has 1 aromatic carbocycles. The Balaban J connectivity index is 2.26. The molecule has 0 saturated heterocycles. The van der Waals surface area contributed by atoms with Crippen LogP contribution in [0.5, 0.6) is 5.75 Å². The van der Waals surface area contributed by atoms with Crippen LogP contribution < -0.4 is 5.32 Å². The van der Waals surface area contributed by atoms with Gasteiger partial charge in [0.25, 0.3) is 0 Å². The Morgan fingerprint density at radius 1 is 1.12 bits per heavy atom. The van der Waals surface area contributed by atoms with Gasteiger partial charge in [-0.25, -0.2) is 4.98 Å². The second-order valence-corrected chi connectivity index (χ2v) is 3.78. The van der Waals surface area contributed by atoms with Gasteiger partial charge in [0.1, 0.15) is 0 Å². The zero-order valence-corrected chi connectivity index (χ0v) is 9.50. The molecule has 2 N–H and O–H groups in total. The fraction of sp³-hybridized carbons (Fsp3) is 0. The molecule has 0 bridgehead atoms. The summed E-state index contributed by atoms with van der Waals surface area (Å²) >= 11 is 11.4. The van der Waals surface area contributed by atoms with Gasteiger partial charge in [-0.05, 0) is 35.9 Å². The predicted molar refractivity (Wildman–Crippen MR) is 63.4 cm³/mol. The van der Waals surface area contributed by atoms with Gasteiger partial charge in [-0.1, -0.05) is 11.6 Å². The molecule has 0 aliphatic heterocycles. The lowest BCUT2D eigenvalue weighted by Crippen LogP contribution is -1.95. The molecule has 6 heteroatoms. The first-order valence-electron chi connectivity index (χ1n) is 4.39. The molecule has 0 saturated carbocycles. The SMILES string of the molecule is Oc1cnc(Cl)nc1Nc1ccc(Cl)cc1. The highest BCUT2D eigenvalue weighted by Crippen LogP contribution is 2.25. The summed E-state index contributed by atoms with van der Waals surface area (Å²) in [7, 11) is 0. The highest BCUT2D eigenvalue weighted by molar-refractivity contribution is 6.30. The highest BCUT2D eigenvalue weighted by Gasteiger charge is 2.04. The van der Waals surface area contributed by atoms with Crippen LogP contribution in [-0.2, 0) is 0 Å². The molecule has 1 heterocycles. The van der Waals surface area contributed by atoms with E-state index in [1.54, 1.807) is 24.3 Å². The van der Waals surface area contributed by atoms with Gasteiger partial charge in [0.05, 0.1) is 6.20 Å². The number of aromatic hydroxyl groups is 1. The summed E-state index contributed by atoms with van der Waals surface area (Å²) < 4.78 is 0. The Hall–Kier alpha value is -1.52. The van der Waals surface area contributed by atoms with Crippen LogP contribution in [0.15, 0.2) is 30.5 Å². The maximum atomic E-state index is 9.48. The zero-order chi connectivity index (χ0) is 11.5. The summed E-state index contributed by atoms with van der Waals surface area (Å²) in [5, 5.41) is 13.1. The Bertz CT molecular complexity index is 502. The van der Waals surface area contributed by atoms with E-state index in [2.05, 4.69) is 15.3 Å². The molecular formula is C10H7Cl2N3O. The van der Waals surface area contributed by atoms with Gasteiger partial charge in [-0.15, -0.1) is 0 Å². The van der Waals surface area contributed by atoms with Crippen LogP contribution in [0.1, 0.15) is 0 Å². The molecular weight excluding hydrogens is 249 g/mol. The lowest BCUT2D eigenvalue weighted by atomic mass is 10.3. The van der Waals surface area contributed by atoms with E-state index in [-0.39, 0.29) is 16.9 Å². The van der Waals surface area contributed by atoms with Crippen LogP contribution >= 0.6 is 23.2 Å². The largest absolute Gasteiger partial charge is 0.503 e. The monoisotopic (exact) mass is 255 g/mol. The van der Waals surface area contributed by atoms with Crippen molar-refractivity contribution < 1.29 is 5.11 Å². The topological polar surface area (TPSA) is 58.0 Å². The minimum Gasteiger partial charge on any atom is -0.503 e. The molecule has 1 aromatic heterocycles. The Labute approximate surface area is 102 Å². The number of rotatable bonds is 2. The van der Waals surface area contributed by atoms with Crippen molar-refractivity contribution in [3.05, 3.63) is 40.8 Å². The van der Waals surface area contributed by atoms with Crippen LogP contribution in [0.3, 0.4) is 0 Å². The van der Waals surface area contributed by atoms with Crippen LogP contribution in [0, 0.1) is 0 Å². The Morgan fingerprint density at radius 2 is 1.81 bits per heavy atom. The molecule has 0 amide bonds. The van der Waals surface area contributed by atoms with Crippen molar-refractivity contribution >= 4 is 34.7 Å². The first kappa shape index (κ1) is 11.0. The Kier molecular flexibility index (Phi) is 3.12. The normalized spacial score (nSPS) is 10.1. The van der Waals surface area contributed by atoms with Gasteiger partial charge < -0.3 is 10.4 Å². The van der Waals surface area contributed by atoms with Gasteiger partial charge in [-0.3, -0.25) is 0 Å². The van der Waals surface area contributed by atoms with E-state index >= 15 is 0 Å². The average Bonchev–Trinajstić information content (AvgIpc) is 2.27. The summed E-state index contributed by atoms with van der Waals surface area (Å²) in [6.07, 6.45) is 1.23. The van der Waals surface area contributed by atoms with Crippen LogP contribution in [-0.4, -0.2) is 15.1 Å². The van der Waals surface area contributed by atoms with Crippen molar-refractivity contribution in [1.29, 1.82) is 0 Å². The molecule has 4 nitrogen and oxygen atoms in total. The number of nitrogens with one attached hydrogen (secondary N) is 1. The minimum absolute atomic E-state index is 0.0641. The van der Waals surface area contributed by atoms with E-state index in [9.17, 15) is 5.11 Å². The van der Waals surface area contributed by atoms with Crippen LogP contribution in [0.2, 0.25) is 10.3 Å². The Morgan fingerprint density at radius 3 is 2.50 bits per heavy atom. The van der Waals surface area contributed by atoms with E-state index in [4.69, 9.17) is 23.2 Å². The third kappa shape index (κ3) is 2.53. The molecule has 0 spiro atoms. The second kappa shape index (κ2) is 4.55. The quantitative estimate of drug-likeness (QED) is 0.810. The van der Waals surface area contributed by atoms with Crippen molar-refractivity contribution in [2.75, 3.05) is 5.32 Å². The summed E-state index contributed by atoms with van der Waals surface area (Å²) in [5.41, 5.74) is 0.745. The van der Waals surface area contributed by atoms with Gasteiger partial charge in [0, 0.05) is 10.7 Å². The van der Waals surface area contributed by atoms with Crippen LogP contribution in [0.25, 0.3) is 0 Å². The zero-order valence-electron chi connectivity index (χ0n) is 7.98. The number of benzene rings is 1. The third-order valence-electron chi connectivity index (χ3n) is 1.85. The van der Waals surface area contributed by atoms with E-state index < -0.39 is 0 Å². The van der Waals surface area contributed by atoms with Crippen molar-refractivity contribution in [2.24, 2.45) is 0 Å². The highest BCUT2D eigenvalue weighted by atomic mass is 35.5. The van der Waals surface area contributed by atoms with E-state index in [0.717, 1.165) is 5.69 Å². The molecule has 16 heavy (non-hydrogen) atoms. The minimum atomic E-state index is -0.0700. The van der Waals surface area contributed by atoms with Gasteiger partial charge in [0.15, 0.2) is 11.6 Å². The number of nitrogens with zero attached hydrogens (tertiary/aromatic N) is 2. The molecule has 0 aliphatic carbocycles. The standard InChI is InChI=1S/C10H7Cl2N3O/c11-6-1-3-7(4-2-6)14-9-8(16)5-13-10(12)15-9/h1-5,16H,(H,13,14,15). The first-order chi connectivity index (χ1) is 7.65. The number of aromatic nitrogens is 2. The lowest BCUT2D eigenvalue weighted by Gasteiger charge is -2.06. The maximum absolute atomic E-state index is 9.48. The number of hydrogen-bond acceptors (Lipinski definition) is 4. The molecule has 0 unspecified atom stereocenters. The van der Waals surface area contributed by atoms with Crippen molar-refractivity contribution in [3.63, 3.8) is 0 Å². The summed E-state index contributed by atoms with van der Waals surface area (Å²) in [4.78, 5) is 7.49. The smallest absolute Gasteiger partial charge is 0.224 e. The fourth-order valence-electron chi connectivity index (χ4n) is 1.12. The predicted octanol–water partition coefficient (Wildman–Crippen LogP) is 3.23. The first-order valence-corrected chi connectivity index (χ1v) is 5.15. The van der Waals surface area contributed by atoms with Gasteiger partial charge in [0.2, 0.25) is 5.28 Å². The van der Waals surface area contributed by atoms with E-state index in [1.165, 1.54) is 6.20 Å². The van der Waals surface area contributed by atoms with Crippen molar-refractivity contribution in [2.45, 2.75) is 0 Å². The van der Waals surface area contributed by atoms with Crippen molar-refractivity contribution in [1.82, 2.24) is 9.97 Å². The van der Waals surface area contributed by atoms with Gasteiger partial charge in [-0.2, -0.15) is 4.98 Å². The van der Waals surface area contributed by atoms with Gasteiger partial charge >= 0.3 is 0 Å². The molecule has 0 fully saturated rings. The number of halogens is 2. The summed E-state index contributed by atoms with van der Waals surface area (Å²) in [5.74, 6) is 0.182. The third-order valence-corrected chi connectivity index (χ3v) is 2.28. The molecule has 0 aliphatic rings. The average molecular weight is 256 g/mol. The molecule has 82 valence electrons. The molecule has 2 rings (SSSR count). The molecule has 2 aromatic rings. The van der Waals surface area contributed by atoms with E-state index in [1.807, 2.05) is 0 Å². The lowest BCUT2D eigenvalue weighted by molar-refractivity contribution is 0.472. The fourth-order valence-corrected chi connectivity index (χ4v) is 1.38. The van der Waals surface area contributed by atoms with Crippen LogP contribution in [0.4, 0.5) is 11.5 Å². The maximum Gasteiger partial charge on any atom is 0.224 e. The van der Waals surface area contributed by atoms with Crippen molar-refractivity contribution in [3.8, 4) is 5.75 Å². The molecule has 0 radical (unpaired) electrons. The second-order valence-electron chi connectivity index (χ2n) is 3.00.